The molecule has 0 saturated carbocycles. The lowest BCUT2D eigenvalue weighted by atomic mass is 9.89. The molecule has 0 aliphatic heterocycles. The summed E-state index contributed by atoms with van der Waals surface area (Å²) >= 11 is 1.64. The Hall–Kier alpha value is -1.69. The summed E-state index contributed by atoms with van der Waals surface area (Å²) in [4.78, 5) is 30.8. The Bertz CT molecular complexity index is 819. The topological polar surface area (TPSA) is 72.2 Å². The SMILES string of the molecule is CC1CCc2c(sc3nc(C(C)C)n(CCC(=O)O)c(=O)c23)C1. The molecule has 3 rings (SSSR count). The highest BCUT2D eigenvalue weighted by molar-refractivity contribution is 7.18. The van der Waals surface area contributed by atoms with Crippen molar-refractivity contribution in [3.8, 4) is 0 Å². The number of fused-ring (bicyclic) bond motifs is 3. The molecule has 1 N–H and O–H groups in total. The summed E-state index contributed by atoms with van der Waals surface area (Å²) in [5, 5.41) is 9.68. The smallest absolute Gasteiger partial charge is 0.305 e. The van der Waals surface area contributed by atoms with Gasteiger partial charge in [-0.15, -0.1) is 11.3 Å². The summed E-state index contributed by atoms with van der Waals surface area (Å²) in [5.41, 5.74) is 1.09. The predicted octanol–water partition coefficient (Wildman–Crippen LogP) is 3.18. The van der Waals surface area contributed by atoms with E-state index in [9.17, 15) is 9.59 Å². The van der Waals surface area contributed by atoms with Gasteiger partial charge in [0.1, 0.15) is 10.7 Å². The van der Waals surface area contributed by atoms with Gasteiger partial charge in [0, 0.05) is 17.3 Å². The van der Waals surface area contributed by atoms with E-state index in [1.54, 1.807) is 15.9 Å². The van der Waals surface area contributed by atoms with E-state index in [1.807, 2.05) is 13.8 Å². The van der Waals surface area contributed by atoms with E-state index in [0.717, 1.165) is 35.0 Å². The maximum absolute atomic E-state index is 13.0. The van der Waals surface area contributed by atoms with Gasteiger partial charge in [0.05, 0.1) is 11.8 Å². The Balaban J connectivity index is 2.20. The van der Waals surface area contributed by atoms with Gasteiger partial charge >= 0.3 is 5.97 Å². The number of nitrogens with zero attached hydrogens (tertiary/aromatic N) is 2. The third-order valence-corrected chi connectivity index (χ3v) is 5.66. The van der Waals surface area contributed by atoms with Crippen molar-refractivity contribution in [3.05, 3.63) is 26.6 Å². The first-order chi connectivity index (χ1) is 10.9. The molecule has 2 aromatic rings. The van der Waals surface area contributed by atoms with Crippen LogP contribution in [0.15, 0.2) is 4.79 Å². The summed E-state index contributed by atoms with van der Waals surface area (Å²) in [5.74, 6) is 0.525. The van der Waals surface area contributed by atoms with E-state index in [-0.39, 0.29) is 24.4 Å². The Kier molecular flexibility index (Phi) is 4.27. The lowest BCUT2D eigenvalue weighted by molar-refractivity contribution is -0.137. The molecule has 6 heteroatoms. The van der Waals surface area contributed by atoms with Crippen molar-refractivity contribution in [2.75, 3.05) is 0 Å². The molecular formula is C17H22N2O3S. The number of carboxylic acids is 1. The molecule has 0 aromatic carbocycles. The lowest BCUT2D eigenvalue weighted by Gasteiger charge is -2.18. The number of hydrogen-bond acceptors (Lipinski definition) is 4. The fraction of sp³-hybridized carbons (Fsp3) is 0.588. The van der Waals surface area contributed by atoms with Gasteiger partial charge in [-0.1, -0.05) is 20.8 Å². The molecular weight excluding hydrogens is 312 g/mol. The first-order valence-corrected chi connectivity index (χ1v) is 8.97. The average Bonchev–Trinajstić information content (AvgIpc) is 2.83. The van der Waals surface area contributed by atoms with Gasteiger partial charge < -0.3 is 5.11 Å². The molecule has 1 aliphatic carbocycles. The van der Waals surface area contributed by atoms with Gasteiger partial charge in [-0.2, -0.15) is 0 Å². The largest absolute Gasteiger partial charge is 0.481 e. The summed E-state index contributed by atoms with van der Waals surface area (Å²) < 4.78 is 1.58. The van der Waals surface area contributed by atoms with E-state index >= 15 is 0 Å². The number of carboxylic acid groups (broad SMARTS) is 1. The molecule has 0 amide bonds. The summed E-state index contributed by atoms with van der Waals surface area (Å²) in [6.45, 7) is 6.40. The Morgan fingerprint density at radius 3 is 2.87 bits per heavy atom. The lowest BCUT2D eigenvalue weighted by Crippen LogP contribution is -2.27. The van der Waals surface area contributed by atoms with Gasteiger partial charge in [0.25, 0.3) is 5.56 Å². The van der Waals surface area contributed by atoms with Crippen LogP contribution in [0.2, 0.25) is 0 Å². The Morgan fingerprint density at radius 1 is 1.48 bits per heavy atom. The van der Waals surface area contributed by atoms with Crippen molar-refractivity contribution >= 4 is 27.5 Å². The molecule has 23 heavy (non-hydrogen) atoms. The Labute approximate surface area is 139 Å². The number of aromatic nitrogens is 2. The zero-order valence-corrected chi connectivity index (χ0v) is 14.6. The molecule has 124 valence electrons. The van der Waals surface area contributed by atoms with Gasteiger partial charge in [0.15, 0.2) is 0 Å². The highest BCUT2D eigenvalue weighted by Gasteiger charge is 2.25. The number of thiophene rings is 1. The zero-order valence-electron chi connectivity index (χ0n) is 13.8. The number of rotatable bonds is 4. The second-order valence-electron chi connectivity index (χ2n) is 6.76. The molecule has 2 heterocycles. The van der Waals surface area contributed by atoms with Crippen LogP contribution >= 0.6 is 11.3 Å². The molecule has 1 unspecified atom stereocenters. The zero-order chi connectivity index (χ0) is 16.7. The summed E-state index contributed by atoms with van der Waals surface area (Å²) in [7, 11) is 0. The van der Waals surface area contributed by atoms with Crippen LogP contribution in [-0.4, -0.2) is 20.6 Å². The van der Waals surface area contributed by atoms with Crippen LogP contribution in [0, 0.1) is 5.92 Å². The third-order valence-electron chi connectivity index (χ3n) is 4.51. The van der Waals surface area contributed by atoms with E-state index in [4.69, 9.17) is 10.1 Å². The van der Waals surface area contributed by atoms with Crippen molar-refractivity contribution in [2.24, 2.45) is 5.92 Å². The standard InChI is InChI=1S/C17H22N2O3S/c1-9(2)15-18-16-14(17(22)19(15)7-6-13(20)21)11-5-4-10(3)8-12(11)23-16/h9-10H,4-8H2,1-3H3,(H,20,21). The highest BCUT2D eigenvalue weighted by Crippen LogP contribution is 2.36. The molecule has 0 bridgehead atoms. The molecule has 0 spiro atoms. The van der Waals surface area contributed by atoms with E-state index in [0.29, 0.717) is 11.7 Å². The van der Waals surface area contributed by atoms with Crippen LogP contribution in [-0.2, 0) is 24.2 Å². The number of aryl methyl sites for hydroxylation is 1. The molecule has 5 nitrogen and oxygen atoms in total. The molecule has 1 atom stereocenters. The number of hydrogen-bond donors (Lipinski definition) is 1. The van der Waals surface area contributed by atoms with Crippen molar-refractivity contribution in [1.29, 1.82) is 0 Å². The van der Waals surface area contributed by atoms with Gasteiger partial charge in [0.2, 0.25) is 0 Å². The van der Waals surface area contributed by atoms with E-state index in [1.165, 1.54) is 4.88 Å². The Morgan fingerprint density at radius 2 is 2.22 bits per heavy atom. The second kappa shape index (κ2) is 6.07. The first-order valence-electron chi connectivity index (χ1n) is 8.15. The number of aliphatic carboxylic acids is 1. The quantitative estimate of drug-likeness (QED) is 0.932. The van der Waals surface area contributed by atoms with E-state index < -0.39 is 5.97 Å². The molecule has 0 saturated heterocycles. The van der Waals surface area contributed by atoms with Crippen LogP contribution in [0.25, 0.3) is 10.2 Å². The summed E-state index contributed by atoms with van der Waals surface area (Å²) in [6, 6.07) is 0. The molecule has 0 radical (unpaired) electrons. The maximum atomic E-state index is 13.0. The average molecular weight is 334 g/mol. The van der Waals surface area contributed by atoms with Gasteiger partial charge in [-0.3, -0.25) is 14.2 Å². The van der Waals surface area contributed by atoms with Crippen LogP contribution in [0.5, 0.6) is 0 Å². The minimum absolute atomic E-state index is 0.0594. The van der Waals surface area contributed by atoms with Crippen molar-refractivity contribution in [2.45, 2.75) is 58.9 Å². The predicted molar refractivity (Wildman–Crippen MR) is 91.4 cm³/mol. The van der Waals surface area contributed by atoms with Gasteiger partial charge in [-0.25, -0.2) is 4.98 Å². The summed E-state index contributed by atoms with van der Waals surface area (Å²) in [6.07, 6.45) is 2.98. The van der Waals surface area contributed by atoms with Crippen LogP contribution in [0.1, 0.15) is 55.8 Å². The van der Waals surface area contributed by atoms with Crippen molar-refractivity contribution < 1.29 is 9.90 Å². The molecule has 1 aliphatic rings. The normalized spacial score (nSPS) is 17.7. The minimum atomic E-state index is -0.895. The van der Waals surface area contributed by atoms with Gasteiger partial charge in [-0.05, 0) is 30.7 Å². The fourth-order valence-corrected chi connectivity index (χ4v) is 4.68. The minimum Gasteiger partial charge on any atom is -0.481 e. The number of carbonyl (C=O) groups is 1. The monoisotopic (exact) mass is 334 g/mol. The van der Waals surface area contributed by atoms with Crippen molar-refractivity contribution in [3.63, 3.8) is 0 Å². The first kappa shape index (κ1) is 16.2. The molecule has 0 fully saturated rings. The maximum Gasteiger partial charge on any atom is 0.305 e. The molecule has 2 aromatic heterocycles. The van der Waals surface area contributed by atoms with E-state index in [2.05, 4.69) is 6.92 Å². The fourth-order valence-electron chi connectivity index (χ4n) is 3.30. The third kappa shape index (κ3) is 2.92. The van der Waals surface area contributed by atoms with Crippen LogP contribution in [0.3, 0.4) is 0 Å². The van der Waals surface area contributed by atoms with Crippen LogP contribution < -0.4 is 5.56 Å². The second-order valence-corrected chi connectivity index (χ2v) is 7.84. The van der Waals surface area contributed by atoms with Crippen molar-refractivity contribution in [1.82, 2.24) is 9.55 Å². The van der Waals surface area contributed by atoms with Crippen LogP contribution in [0.4, 0.5) is 0 Å². The highest BCUT2D eigenvalue weighted by atomic mass is 32.1.